The maximum absolute atomic E-state index is 12.6. The van der Waals surface area contributed by atoms with Crippen molar-refractivity contribution >= 4 is 17.7 Å². The maximum Gasteiger partial charge on any atom is 0.416 e. The van der Waals surface area contributed by atoms with E-state index in [9.17, 15) is 23.2 Å². The smallest absolute Gasteiger partial charge is 0.416 e. The van der Waals surface area contributed by atoms with Crippen LogP contribution >= 0.6 is 11.8 Å². The van der Waals surface area contributed by atoms with Gasteiger partial charge in [0.25, 0.3) is 0 Å². The zero-order valence-electron chi connectivity index (χ0n) is 14.4. The first-order chi connectivity index (χ1) is 12.3. The third kappa shape index (κ3) is 6.98. The van der Waals surface area contributed by atoms with E-state index in [0.717, 1.165) is 23.9 Å². The predicted molar refractivity (Wildman–Crippen MR) is 91.9 cm³/mol. The molecule has 0 spiro atoms. The van der Waals surface area contributed by atoms with Crippen LogP contribution in [0.4, 0.5) is 13.2 Å². The van der Waals surface area contributed by atoms with Gasteiger partial charge in [0.2, 0.25) is 0 Å². The van der Waals surface area contributed by atoms with Crippen molar-refractivity contribution in [2.24, 2.45) is 0 Å². The van der Waals surface area contributed by atoms with Crippen LogP contribution in [0, 0.1) is 11.3 Å². The second kappa shape index (κ2) is 10.7. The molecule has 26 heavy (non-hydrogen) atoms. The first-order valence-corrected chi connectivity index (χ1v) is 8.89. The molecule has 0 saturated heterocycles. The number of hydrogen-bond acceptors (Lipinski definition) is 6. The number of nitrogens with one attached hydrogen (secondary N) is 1. The van der Waals surface area contributed by atoms with Crippen LogP contribution in [0.1, 0.15) is 18.1 Å². The van der Waals surface area contributed by atoms with Gasteiger partial charge in [0.15, 0.2) is 5.57 Å². The normalized spacial score (nSPS) is 12.2. The number of carbonyl (C=O) groups excluding carboxylic acids is 1. The second-order valence-corrected chi connectivity index (χ2v) is 5.72. The van der Waals surface area contributed by atoms with Crippen molar-refractivity contribution in [1.29, 1.82) is 5.26 Å². The van der Waals surface area contributed by atoms with Gasteiger partial charge in [-0.3, -0.25) is 0 Å². The Bertz CT molecular complexity index is 667. The molecule has 0 aliphatic carbocycles. The molecule has 0 saturated carbocycles. The number of rotatable bonds is 9. The van der Waals surface area contributed by atoms with Crippen LogP contribution in [-0.4, -0.2) is 32.0 Å². The molecule has 142 valence electrons. The van der Waals surface area contributed by atoms with Crippen molar-refractivity contribution < 1.29 is 27.4 Å². The average molecular weight is 388 g/mol. The number of nitrogens with zero attached hydrogens (tertiary/aromatic N) is 1. The lowest BCUT2D eigenvalue weighted by atomic mass is 10.1. The van der Waals surface area contributed by atoms with Crippen LogP contribution in [0.25, 0.3) is 0 Å². The van der Waals surface area contributed by atoms with Gasteiger partial charge in [0.1, 0.15) is 12.7 Å². The van der Waals surface area contributed by atoms with Gasteiger partial charge in [-0.25, -0.2) is 4.79 Å². The van der Waals surface area contributed by atoms with Gasteiger partial charge in [-0.2, -0.15) is 18.4 Å². The van der Waals surface area contributed by atoms with Crippen molar-refractivity contribution in [1.82, 2.24) is 5.32 Å². The molecule has 0 radical (unpaired) electrons. The molecule has 0 aliphatic heterocycles. The van der Waals surface area contributed by atoms with E-state index in [0.29, 0.717) is 12.2 Å². The molecule has 0 amide bonds. The van der Waals surface area contributed by atoms with Crippen molar-refractivity contribution in [2.75, 3.05) is 26.1 Å². The van der Waals surface area contributed by atoms with Crippen LogP contribution in [0.2, 0.25) is 0 Å². The van der Waals surface area contributed by atoms with Crippen LogP contribution in [-0.2, 0) is 27.0 Å². The monoisotopic (exact) mass is 388 g/mol. The number of esters is 1. The van der Waals surface area contributed by atoms with E-state index in [1.807, 2.05) is 0 Å². The number of nitriles is 1. The Labute approximate surface area is 154 Å². The van der Waals surface area contributed by atoms with E-state index in [1.54, 1.807) is 19.2 Å². The predicted octanol–water partition coefficient (Wildman–Crippen LogP) is 3.47. The summed E-state index contributed by atoms with van der Waals surface area (Å²) in [5, 5.41) is 12.4. The molecule has 1 aromatic carbocycles. The highest BCUT2D eigenvalue weighted by atomic mass is 32.2. The lowest BCUT2D eigenvalue weighted by Crippen LogP contribution is -2.19. The first-order valence-electron chi connectivity index (χ1n) is 7.66. The van der Waals surface area contributed by atoms with Gasteiger partial charge < -0.3 is 14.8 Å². The molecule has 1 N–H and O–H groups in total. The van der Waals surface area contributed by atoms with Crippen molar-refractivity contribution in [3.05, 3.63) is 46.0 Å². The van der Waals surface area contributed by atoms with Gasteiger partial charge in [-0.1, -0.05) is 12.1 Å². The standard InChI is InChI=1S/C17H19F3N2O3S/c1-3-24-8-9-25-16(23)14(10-21)15(26-2)22-11-12-4-6-13(7-5-12)17(18,19)20/h4-7,22H,3,8-9,11H2,1-2H3/b15-14-. The van der Waals surface area contributed by atoms with Gasteiger partial charge in [0.05, 0.1) is 17.2 Å². The fraction of sp³-hybridized carbons (Fsp3) is 0.412. The Morgan fingerprint density at radius 3 is 2.42 bits per heavy atom. The first kappa shape index (κ1) is 21.9. The maximum atomic E-state index is 12.6. The molecule has 0 heterocycles. The SMILES string of the molecule is CCOCCOC(=O)/C(C#N)=C(/NCc1ccc(C(F)(F)F)cc1)SC. The van der Waals surface area contributed by atoms with E-state index in [-0.39, 0.29) is 30.4 Å². The van der Waals surface area contributed by atoms with E-state index in [2.05, 4.69) is 5.32 Å². The molecular weight excluding hydrogens is 369 g/mol. The summed E-state index contributed by atoms with van der Waals surface area (Å²) in [4.78, 5) is 12.0. The number of benzene rings is 1. The molecular formula is C17H19F3N2O3S. The largest absolute Gasteiger partial charge is 0.459 e. The Hall–Kier alpha value is -2.18. The number of carbonyl (C=O) groups is 1. The lowest BCUT2D eigenvalue weighted by Gasteiger charge is -2.12. The third-order valence-electron chi connectivity index (χ3n) is 3.15. The molecule has 9 heteroatoms. The molecule has 0 atom stereocenters. The van der Waals surface area contributed by atoms with E-state index < -0.39 is 17.7 Å². The van der Waals surface area contributed by atoms with Crippen LogP contribution in [0.5, 0.6) is 0 Å². The zero-order valence-corrected chi connectivity index (χ0v) is 15.2. The summed E-state index contributed by atoms with van der Waals surface area (Å²) >= 11 is 1.14. The molecule has 0 unspecified atom stereocenters. The van der Waals surface area contributed by atoms with E-state index >= 15 is 0 Å². The summed E-state index contributed by atoms with van der Waals surface area (Å²) in [6, 6.07) is 6.42. The van der Waals surface area contributed by atoms with Crippen molar-refractivity contribution in [3.63, 3.8) is 0 Å². The van der Waals surface area contributed by atoms with Gasteiger partial charge >= 0.3 is 12.1 Å². The fourth-order valence-electron chi connectivity index (χ4n) is 1.86. The van der Waals surface area contributed by atoms with Gasteiger partial charge in [0, 0.05) is 13.2 Å². The number of ether oxygens (including phenoxy) is 2. The highest BCUT2D eigenvalue weighted by Crippen LogP contribution is 2.29. The molecule has 5 nitrogen and oxygen atoms in total. The van der Waals surface area contributed by atoms with E-state index in [1.165, 1.54) is 12.1 Å². The number of thioether (sulfide) groups is 1. The number of alkyl halides is 3. The number of hydrogen-bond donors (Lipinski definition) is 1. The Balaban J connectivity index is 2.75. The van der Waals surface area contributed by atoms with Crippen molar-refractivity contribution in [3.8, 4) is 6.07 Å². The average Bonchev–Trinajstić information content (AvgIpc) is 2.61. The van der Waals surface area contributed by atoms with Crippen LogP contribution < -0.4 is 5.32 Å². The second-order valence-electron chi connectivity index (χ2n) is 4.90. The molecule has 1 rings (SSSR count). The van der Waals surface area contributed by atoms with Gasteiger partial charge in [-0.05, 0) is 30.9 Å². The van der Waals surface area contributed by atoms with Crippen LogP contribution in [0.15, 0.2) is 34.9 Å². The van der Waals surface area contributed by atoms with E-state index in [4.69, 9.17) is 9.47 Å². The minimum Gasteiger partial charge on any atom is -0.459 e. The van der Waals surface area contributed by atoms with Crippen molar-refractivity contribution in [2.45, 2.75) is 19.6 Å². The molecule has 0 aliphatic rings. The quantitative estimate of drug-likeness (QED) is 0.302. The Morgan fingerprint density at radius 1 is 1.27 bits per heavy atom. The highest BCUT2D eigenvalue weighted by molar-refractivity contribution is 8.02. The number of halogens is 3. The molecule has 0 bridgehead atoms. The van der Waals surface area contributed by atoms with Gasteiger partial charge in [-0.15, -0.1) is 11.8 Å². The molecule has 0 fully saturated rings. The summed E-state index contributed by atoms with van der Waals surface area (Å²) in [7, 11) is 0. The highest BCUT2D eigenvalue weighted by Gasteiger charge is 2.29. The summed E-state index contributed by atoms with van der Waals surface area (Å²) < 4.78 is 47.7. The Morgan fingerprint density at radius 2 is 1.92 bits per heavy atom. The van der Waals surface area contributed by atoms with Crippen LogP contribution in [0.3, 0.4) is 0 Å². The zero-order chi connectivity index (χ0) is 19.6. The minimum absolute atomic E-state index is 0.0262. The summed E-state index contributed by atoms with van der Waals surface area (Å²) in [6.07, 6.45) is -2.73. The fourth-order valence-corrected chi connectivity index (χ4v) is 2.41. The lowest BCUT2D eigenvalue weighted by molar-refractivity contribution is -0.140. The third-order valence-corrected chi connectivity index (χ3v) is 3.90. The molecule has 0 aromatic heterocycles. The minimum atomic E-state index is -4.39. The topological polar surface area (TPSA) is 71.3 Å². The Kier molecular flexibility index (Phi) is 9.02. The molecule has 1 aromatic rings. The summed E-state index contributed by atoms with van der Waals surface area (Å²) in [5.41, 5.74) is -0.357. The summed E-state index contributed by atoms with van der Waals surface area (Å²) in [6.45, 7) is 2.71. The summed E-state index contributed by atoms with van der Waals surface area (Å²) in [5.74, 6) is -0.781.